The van der Waals surface area contributed by atoms with Crippen molar-refractivity contribution in [3.05, 3.63) is 162 Å². The number of rotatable bonds is 0. The highest BCUT2D eigenvalue weighted by Gasteiger charge is 2.19. The third kappa shape index (κ3) is 7.74. The lowest BCUT2D eigenvalue weighted by Gasteiger charge is -2.22. The third-order valence-electron chi connectivity index (χ3n) is 8.12. The maximum Gasteiger partial charge on any atom is 0.170 e. The van der Waals surface area contributed by atoms with Crippen molar-refractivity contribution < 1.29 is 18.9 Å². The third-order valence-corrected chi connectivity index (χ3v) is 8.12. The van der Waals surface area contributed by atoms with E-state index in [1.54, 1.807) is 12.4 Å². The molecule has 7 rings (SSSR count). The first kappa shape index (κ1) is 32.3. The average Bonchev–Trinajstić information content (AvgIpc) is 3.13. The molecule has 50 heavy (non-hydrogen) atoms. The maximum absolute atomic E-state index is 6.64. The summed E-state index contributed by atoms with van der Waals surface area (Å²) in [6.07, 6.45) is 3.58. The van der Waals surface area contributed by atoms with Crippen LogP contribution in [-0.4, -0.2) is 17.4 Å². The van der Waals surface area contributed by atoms with Crippen molar-refractivity contribution in [2.75, 3.05) is 0 Å². The summed E-state index contributed by atoms with van der Waals surface area (Å²) in [6, 6.07) is 42.8. The molecule has 1 aliphatic heterocycles. The number of fused-ring (bicyclic) bond motifs is 7. The summed E-state index contributed by atoms with van der Waals surface area (Å²) in [4.78, 5) is 14.5. The Morgan fingerprint density at radius 2 is 0.940 bits per heavy atom. The summed E-state index contributed by atoms with van der Waals surface area (Å²) in [7, 11) is 0. The molecule has 0 fully saturated rings. The standard InChI is InChI=1S/C43H37N3O4/c1-43(2,3)32-23-24-41-42(25-32)50-40-22-11-7-18-36(40)45-27-31-14-5-9-20-38(31)48-29-34-16-12-15-33(46-34)28-47-37-19-8-4-13-30(37)26-44-35-17-6-10-21-39(35)49-41/h4-27H,28-29H2,1-3H3. The molecule has 0 saturated heterocycles. The van der Waals surface area contributed by atoms with Crippen LogP contribution < -0.4 is 18.9 Å². The van der Waals surface area contributed by atoms with Gasteiger partial charge in [0.1, 0.15) is 36.1 Å². The number of ether oxygens (including phenoxy) is 4. The Morgan fingerprint density at radius 3 is 1.48 bits per heavy atom. The van der Waals surface area contributed by atoms with E-state index >= 15 is 0 Å². The number of pyridine rings is 1. The van der Waals surface area contributed by atoms with Gasteiger partial charge in [0.15, 0.2) is 23.0 Å². The summed E-state index contributed by atoms with van der Waals surface area (Å²) in [5.74, 6) is 3.66. The summed E-state index contributed by atoms with van der Waals surface area (Å²) in [6.45, 7) is 7.08. The van der Waals surface area contributed by atoms with Gasteiger partial charge in [-0.05, 0) is 83.8 Å². The van der Waals surface area contributed by atoms with E-state index < -0.39 is 0 Å². The number of hydrogen-bond acceptors (Lipinski definition) is 7. The molecule has 5 aromatic carbocycles. The largest absolute Gasteiger partial charge is 0.487 e. The Bertz CT molecular complexity index is 2180. The predicted octanol–water partition coefficient (Wildman–Crippen LogP) is 10.9. The molecular formula is C43H37N3O4. The Balaban J connectivity index is 1.33. The van der Waals surface area contributed by atoms with Gasteiger partial charge >= 0.3 is 0 Å². The SMILES string of the molecule is CC(C)(C)c1ccc2c(c1)Oc1ccccc1N=Cc1ccccc1OCc1cccc(n1)COc1ccccc1C=Nc1ccccc1O2. The van der Waals surface area contributed by atoms with E-state index in [0.717, 1.165) is 28.1 Å². The van der Waals surface area contributed by atoms with Crippen LogP contribution in [0.1, 0.15) is 48.8 Å². The molecule has 1 aromatic heterocycles. The molecule has 0 atom stereocenters. The molecule has 6 aromatic rings. The molecule has 0 spiro atoms. The fourth-order valence-corrected chi connectivity index (χ4v) is 5.38. The van der Waals surface area contributed by atoms with Gasteiger partial charge < -0.3 is 18.9 Å². The number of benzene rings is 5. The Morgan fingerprint density at radius 1 is 0.460 bits per heavy atom. The quantitative estimate of drug-likeness (QED) is 0.162. The van der Waals surface area contributed by atoms with Crippen LogP contribution in [-0.2, 0) is 18.6 Å². The molecule has 1 aliphatic rings. The fourth-order valence-electron chi connectivity index (χ4n) is 5.38. The van der Waals surface area contributed by atoms with Crippen molar-refractivity contribution in [1.82, 2.24) is 4.98 Å². The zero-order chi connectivity index (χ0) is 34.3. The van der Waals surface area contributed by atoms with E-state index in [2.05, 4.69) is 26.8 Å². The molecule has 248 valence electrons. The highest BCUT2D eigenvalue weighted by Crippen LogP contribution is 2.42. The van der Waals surface area contributed by atoms with E-state index in [9.17, 15) is 0 Å². The second kappa shape index (κ2) is 14.5. The lowest BCUT2D eigenvalue weighted by molar-refractivity contribution is 0.290. The van der Waals surface area contributed by atoms with Crippen molar-refractivity contribution in [2.45, 2.75) is 39.4 Å². The first-order chi connectivity index (χ1) is 24.4. The van der Waals surface area contributed by atoms with Crippen molar-refractivity contribution >= 4 is 23.8 Å². The van der Waals surface area contributed by atoms with Crippen LogP contribution >= 0.6 is 0 Å². The second-order valence-corrected chi connectivity index (χ2v) is 12.8. The number of para-hydroxylation sites is 6. The van der Waals surface area contributed by atoms with Gasteiger partial charge in [0.05, 0.1) is 11.4 Å². The van der Waals surface area contributed by atoms with Crippen LogP contribution in [0.3, 0.4) is 0 Å². The molecule has 0 N–H and O–H groups in total. The van der Waals surface area contributed by atoms with Gasteiger partial charge in [-0.1, -0.05) is 81.4 Å². The summed E-state index contributed by atoms with van der Waals surface area (Å²) in [5, 5.41) is 0. The van der Waals surface area contributed by atoms with E-state index in [4.69, 9.17) is 33.9 Å². The second-order valence-electron chi connectivity index (χ2n) is 12.8. The van der Waals surface area contributed by atoms with Crippen LogP contribution in [0.5, 0.6) is 34.5 Å². The Hall–Kier alpha value is -6.21. The van der Waals surface area contributed by atoms with Gasteiger partial charge in [-0.25, -0.2) is 0 Å². The fraction of sp³-hybridized carbons (Fsp3) is 0.140. The first-order valence-electron chi connectivity index (χ1n) is 16.5. The first-order valence-corrected chi connectivity index (χ1v) is 16.5. The lowest BCUT2D eigenvalue weighted by Crippen LogP contribution is -2.11. The van der Waals surface area contributed by atoms with E-state index in [-0.39, 0.29) is 18.6 Å². The Labute approximate surface area is 292 Å². The van der Waals surface area contributed by atoms with Gasteiger partial charge in [-0.15, -0.1) is 0 Å². The highest BCUT2D eigenvalue weighted by molar-refractivity contribution is 5.87. The minimum atomic E-state index is -0.118. The van der Waals surface area contributed by atoms with Gasteiger partial charge in [-0.3, -0.25) is 15.0 Å². The molecule has 0 amide bonds. The van der Waals surface area contributed by atoms with Gasteiger partial charge in [0, 0.05) is 23.6 Å². The van der Waals surface area contributed by atoms with E-state index in [1.165, 1.54) is 0 Å². The average molecular weight is 660 g/mol. The van der Waals surface area contributed by atoms with Gasteiger partial charge in [-0.2, -0.15) is 0 Å². The van der Waals surface area contributed by atoms with Crippen molar-refractivity contribution in [2.24, 2.45) is 9.98 Å². The monoisotopic (exact) mass is 659 g/mol. The van der Waals surface area contributed by atoms with Crippen LogP contribution in [0.2, 0.25) is 0 Å². The summed E-state index contributed by atoms with van der Waals surface area (Å²) >= 11 is 0. The molecule has 0 aliphatic carbocycles. The number of hydrogen-bond donors (Lipinski definition) is 0. The molecule has 0 saturated carbocycles. The molecule has 2 heterocycles. The maximum atomic E-state index is 6.64. The molecule has 0 unspecified atom stereocenters. The van der Waals surface area contributed by atoms with Crippen LogP contribution in [0.25, 0.3) is 0 Å². The van der Waals surface area contributed by atoms with Crippen LogP contribution in [0.4, 0.5) is 11.4 Å². The summed E-state index contributed by atoms with van der Waals surface area (Å²) < 4.78 is 25.7. The lowest BCUT2D eigenvalue weighted by atomic mass is 9.87. The van der Waals surface area contributed by atoms with E-state index in [1.807, 2.05) is 127 Å². The van der Waals surface area contributed by atoms with Crippen molar-refractivity contribution in [3.8, 4) is 34.5 Å². The predicted molar refractivity (Wildman–Crippen MR) is 198 cm³/mol. The molecule has 7 nitrogen and oxygen atoms in total. The zero-order valence-electron chi connectivity index (χ0n) is 28.2. The van der Waals surface area contributed by atoms with Crippen LogP contribution in [0, 0.1) is 0 Å². The van der Waals surface area contributed by atoms with Gasteiger partial charge in [0.2, 0.25) is 0 Å². The zero-order valence-corrected chi connectivity index (χ0v) is 28.2. The van der Waals surface area contributed by atoms with Crippen LogP contribution in [0.15, 0.2) is 143 Å². The number of aliphatic imine (C=N–C) groups is 2. The van der Waals surface area contributed by atoms with E-state index in [0.29, 0.717) is 45.9 Å². The molecule has 7 heteroatoms. The normalized spacial score (nSPS) is 13.0. The Kier molecular flexibility index (Phi) is 9.38. The van der Waals surface area contributed by atoms with Crippen molar-refractivity contribution in [3.63, 3.8) is 0 Å². The molecule has 0 radical (unpaired) electrons. The minimum absolute atomic E-state index is 0.118. The minimum Gasteiger partial charge on any atom is -0.487 e. The number of nitrogens with zero attached hydrogens (tertiary/aromatic N) is 3. The highest BCUT2D eigenvalue weighted by atomic mass is 16.5. The summed E-state index contributed by atoms with van der Waals surface area (Å²) in [5.41, 5.74) is 5.53. The van der Waals surface area contributed by atoms with Gasteiger partial charge in [0.25, 0.3) is 0 Å². The molecule has 2 bridgehead atoms. The van der Waals surface area contributed by atoms with Crippen molar-refractivity contribution in [1.29, 1.82) is 0 Å². The number of aromatic nitrogens is 1. The molecular weight excluding hydrogens is 622 g/mol. The topological polar surface area (TPSA) is 74.5 Å². The smallest absolute Gasteiger partial charge is 0.170 e.